The van der Waals surface area contributed by atoms with Crippen LogP contribution in [0.5, 0.6) is 17.2 Å². The molecule has 0 amide bonds. The van der Waals surface area contributed by atoms with Gasteiger partial charge in [-0.1, -0.05) is 0 Å². The number of methoxy groups -OCH3 is 3. The molecule has 106 valence electrons. The van der Waals surface area contributed by atoms with Gasteiger partial charge < -0.3 is 19.9 Å². The molecular formula is C14H17N3O3. The zero-order valence-corrected chi connectivity index (χ0v) is 11.9. The van der Waals surface area contributed by atoms with Crippen molar-refractivity contribution in [3.8, 4) is 28.6 Å². The molecule has 0 spiro atoms. The third-order valence-electron chi connectivity index (χ3n) is 2.80. The molecule has 0 unspecified atom stereocenters. The molecule has 0 aliphatic heterocycles. The van der Waals surface area contributed by atoms with Crippen LogP contribution in [0, 0.1) is 6.92 Å². The molecule has 0 atom stereocenters. The number of benzene rings is 1. The third kappa shape index (κ3) is 2.59. The Morgan fingerprint density at radius 2 is 1.50 bits per heavy atom. The van der Waals surface area contributed by atoms with Gasteiger partial charge in [0.25, 0.3) is 0 Å². The quantitative estimate of drug-likeness (QED) is 0.920. The molecular weight excluding hydrogens is 258 g/mol. The van der Waals surface area contributed by atoms with Crippen molar-refractivity contribution in [2.75, 3.05) is 27.1 Å². The zero-order chi connectivity index (χ0) is 14.7. The number of anilines is 1. The Labute approximate surface area is 117 Å². The number of ether oxygens (including phenoxy) is 3. The SMILES string of the molecule is COc1cc(-c2nc(C)cc(N)n2)cc(OC)c1OC. The number of nitrogen functional groups attached to an aromatic ring is 1. The molecule has 1 heterocycles. The smallest absolute Gasteiger partial charge is 0.203 e. The first-order valence-electron chi connectivity index (χ1n) is 6.00. The van der Waals surface area contributed by atoms with Crippen LogP contribution in [0.3, 0.4) is 0 Å². The van der Waals surface area contributed by atoms with E-state index in [-0.39, 0.29) is 0 Å². The number of aromatic nitrogens is 2. The summed E-state index contributed by atoms with van der Waals surface area (Å²) in [5, 5.41) is 0. The van der Waals surface area contributed by atoms with E-state index in [1.54, 1.807) is 39.5 Å². The van der Waals surface area contributed by atoms with E-state index in [0.717, 1.165) is 11.3 Å². The molecule has 2 rings (SSSR count). The van der Waals surface area contributed by atoms with E-state index in [4.69, 9.17) is 19.9 Å². The largest absolute Gasteiger partial charge is 0.493 e. The average molecular weight is 275 g/mol. The highest BCUT2D eigenvalue weighted by atomic mass is 16.5. The average Bonchev–Trinajstić information content (AvgIpc) is 2.44. The molecule has 0 bridgehead atoms. The Morgan fingerprint density at radius 1 is 0.900 bits per heavy atom. The molecule has 1 aromatic carbocycles. The molecule has 2 N–H and O–H groups in total. The van der Waals surface area contributed by atoms with Gasteiger partial charge in [-0.15, -0.1) is 0 Å². The number of aryl methyl sites for hydroxylation is 1. The number of hydrogen-bond acceptors (Lipinski definition) is 6. The van der Waals surface area contributed by atoms with Crippen molar-refractivity contribution in [3.05, 3.63) is 23.9 Å². The molecule has 0 aliphatic carbocycles. The summed E-state index contributed by atoms with van der Waals surface area (Å²) in [6, 6.07) is 5.28. The van der Waals surface area contributed by atoms with Gasteiger partial charge in [0.05, 0.1) is 21.3 Å². The minimum Gasteiger partial charge on any atom is -0.493 e. The topological polar surface area (TPSA) is 79.5 Å². The van der Waals surface area contributed by atoms with Crippen LogP contribution in [0.4, 0.5) is 5.82 Å². The monoisotopic (exact) mass is 275 g/mol. The van der Waals surface area contributed by atoms with Crippen LogP contribution in [0.2, 0.25) is 0 Å². The van der Waals surface area contributed by atoms with E-state index < -0.39 is 0 Å². The summed E-state index contributed by atoms with van der Waals surface area (Å²) in [7, 11) is 4.68. The Hall–Kier alpha value is -2.50. The van der Waals surface area contributed by atoms with Crippen LogP contribution in [0.1, 0.15) is 5.69 Å². The summed E-state index contributed by atoms with van der Waals surface area (Å²) in [6.45, 7) is 1.86. The molecule has 0 fully saturated rings. The van der Waals surface area contributed by atoms with Crippen LogP contribution in [0.25, 0.3) is 11.4 Å². The van der Waals surface area contributed by atoms with Crippen molar-refractivity contribution < 1.29 is 14.2 Å². The molecule has 0 saturated carbocycles. The number of nitrogens with zero attached hydrogens (tertiary/aromatic N) is 2. The summed E-state index contributed by atoms with van der Waals surface area (Å²) in [6.07, 6.45) is 0. The highest BCUT2D eigenvalue weighted by Gasteiger charge is 2.15. The van der Waals surface area contributed by atoms with Gasteiger partial charge in [0.1, 0.15) is 5.82 Å². The molecule has 0 radical (unpaired) electrons. The fraction of sp³-hybridized carbons (Fsp3) is 0.286. The lowest BCUT2D eigenvalue weighted by Crippen LogP contribution is -2.00. The van der Waals surface area contributed by atoms with Crippen LogP contribution < -0.4 is 19.9 Å². The van der Waals surface area contributed by atoms with Gasteiger partial charge in [-0.25, -0.2) is 9.97 Å². The second-order valence-electron chi connectivity index (χ2n) is 4.17. The van der Waals surface area contributed by atoms with Crippen molar-refractivity contribution in [2.45, 2.75) is 6.92 Å². The maximum absolute atomic E-state index is 5.76. The van der Waals surface area contributed by atoms with Gasteiger partial charge in [0, 0.05) is 17.3 Å². The Kier molecular flexibility index (Phi) is 3.93. The highest BCUT2D eigenvalue weighted by Crippen LogP contribution is 2.40. The number of hydrogen-bond donors (Lipinski definition) is 1. The van der Waals surface area contributed by atoms with Gasteiger partial charge >= 0.3 is 0 Å². The molecule has 0 aliphatic rings. The van der Waals surface area contributed by atoms with Gasteiger partial charge in [-0.3, -0.25) is 0 Å². The molecule has 0 saturated heterocycles. The molecule has 6 heteroatoms. The van der Waals surface area contributed by atoms with Crippen LogP contribution in [0.15, 0.2) is 18.2 Å². The second kappa shape index (κ2) is 5.64. The predicted octanol–water partition coefficient (Wildman–Crippen LogP) is 2.06. The molecule has 2 aromatic rings. The zero-order valence-electron chi connectivity index (χ0n) is 11.9. The minimum absolute atomic E-state index is 0.418. The Bertz CT molecular complexity index is 584. The lowest BCUT2D eigenvalue weighted by Gasteiger charge is -2.13. The lowest BCUT2D eigenvalue weighted by molar-refractivity contribution is 0.324. The van der Waals surface area contributed by atoms with Crippen molar-refractivity contribution >= 4 is 5.82 Å². The van der Waals surface area contributed by atoms with Crippen molar-refractivity contribution in [1.82, 2.24) is 9.97 Å². The predicted molar refractivity (Wildman–Crippen MR) is 76.3 cm³/mol. The van der Waals surface area contributed by atoms with Gasteiger partial charge in [0.2, 0.25) is 5.75 Å². The fourth-order valence-corrected chi connectivity index (χ4v) is 1.93. The van der Waals surface area contributed by atoms with E-state index in [0.29, 0.717) is 28.9 Å². The third-order valence-corrected chi connectivity index (χ3v) is 2.80. The first kappa shape index (κ1) is 13.9. The van der Waals surface area contributed by atoms with Crippen molar-refractivity contribution in [1.29, 1.82) is 0 Å². The molecule has 20 heavy (non-hydrogen) atoms. The van der Waals surface area contributed by atoms with Crippen molar-refractivity contribution in [3.63, 3.8) is 0 Å². The summed E-state index contributed by atoms with van der Waals surface area (Å²) in [5.41, 5.74) is 7.29. The van der Waals surface area contributed by atoms with E-state index >= 15 is 0 Å². The minimum atomic E-state index is 0.418. The van der Waals surface area contributed by atoms with E-state index in [2.05, 4.69) is 9.97 Å². The van der Waals surface area contributed by atoms with Crippen LogP contribution in [-0.2, 0) is 0 Å². The fourth-order valence-electron chi connectivity index (χ4n) is 1.93. The van der Waals surface area contributed by atoms with Crippen molar-refractivity contribution in [2.24, 2.45) is 0 Å². The standard InChI is InChI=1S/C14H17N3O3/c1-8-5-12(15)17-14(16-8)9-6-10(18-2)13(20-4)11(7-9)19-3/h5-7H,1-4H3,(H2,15,16,17). The van der Waals surface area contributed by atoms with Gasteiger partial charge in [0.15, 0.2) is 17.3 Å². The Morgan fingerprint density at radius 3 is 1.95 bits per heavy atom. The van der Waals surface area contributed by atoms with Gasteiger partial charge in [-0.2, -0.15) is 0 Å². The van der Waals surface area contributed by atoms with E-state index in [9.17, 15) is 0 Å². The maximum atomic E-state index is 5.76. The van der Waals surface area contributed by atoms with Crippen LogP contribution in [-0.4, -0.2) is 31.3 Å². The summed E-state index contributed by atoms with van der Waals surface area (Å²) < 4.78 is 15.9. The lowest BCUT2D eigenvalue weighted by atomic mass is 10.1. The van der Waals surface area contributed by atoms with E-state index in [1.165, 1.54) is 0 Å². The summed E-state index contributed by atoms with van der Waals surface area (Å²) in [4.78, 5) is 8.59. The first-order valence-corrected chi connectivity index (χ1v) is 6.00. The summed E-state index contributed by atoms with van der Waals surface area (Å²) in [5.74, 6) is 2.55. The Balaban J connectivity index is 2.62. The number of nitrogens with two attached hydrogens (primary N) is 1. The number of rotatable bonds is 4. The second-order valence-corrected chi connectivity index (χ2v) is 4.17. The van der Waals surface area contributed by atoms with Gasteiger partial charge in [-0.05, 0) is 19.1 Å². The first-order chi connectivity index (χ1) is 9.58. The van der Waals surface area contributed by atoms with Crippen LogP contribution >= 0.6 is 0 Å². The highest BCUT2D eigenvalue weighted by molar-refractivity contribution is 5.67. The van der Waals surface area contributed by atoms with E-state index in [1.807, 2.05) is 6.92 Å². The molecule has 6 nitrogen and oxygen atoms in total. The summed E-state index contributed by atoms with van der Waals surface area (Å²) >= 11 is 0. The molecule has 1 aromatic heterocycles. The maximum Gasteiger partial charge on any atom is 0.203 e. The normalized spacial score (nSPS) is 10.2.